The normalized spacial score (nSPS) is 10.6. The first-order valence-electron chi connectivity index (χ1n) is 7.68. The lowest BCUT2D eigenvalue weighted by Gasteiger charge is -2.23. The first kappa shape index (κ1) is 17.1. The molecule has 2 aromatic rings. The third kappa shape index (κ3) is 4.60. The number of hydrogen-bond acceptors (Lipinski definition) is 3. The zero-order chi connectivity index (χ0) is 16.7. The highest BCUT2D eigenvalue weighted by atomic mass is 16.5. The van der Waals surface area contributed by atoms with Gasteiger partial charge in [0, 0.05) is 44.8 Å². The molecule has 5 heteroatoms. The molecule has 0 unspecified atom stereocenters. The van der Waals surface area contributed by atoms with Gasteiger partial charge in [-0.25, -0.2) is 0 Å². The molecular weight excluding hydrogens is 292 g/mol. The Labute approximate surface area is 137 Å². The Kier molecular flexibility index (Phi) is 6.23. The van der Waals surface area contributed by atoms with Crippen molar-refractivity contribution in [2.45, 2.75) is 13.0 Å². The monoisotopic (exact) mass is 316 g/mol. The molecule has 0 aliphatic heterocycles. The van der Waals surface area contributed by atoms with Gasteiger partial charge in [-0.3, -0.25) is 4.79 Å². The Morgan fingerprint density at radius 2 is 2.04 bits per heavy atom. The molecule has 0 spiro atoms. The summed E-state index contributed by atoms with van der Waals surface area (Å²) in [6.07, 6.45) is 2.79. The summed E-state index contributed by atoms with van der Waals surface area (Å²) in [5.41, 5.74) is 1.73. The molecule has 1 aromatic carbocycles. The highest BCUT2D eigenvalue weighted by molar-refractivity contribution is 5.94. The molecule has 1 heterocycles. The number of rotatable bonds is 8. The number of benzene rings is 1. The average molecular weight is 316 g/mol. The number of ether oxygens (including phenoxy) is 2. The van der Waals surface area contributed by atoms with Crippen LogP contribution in [0.15, 0.2) is 42.6 Å². The fourth-order valence-corrected chi connectivity index (χ4v) is 2.45. The number of nitrogens with zero attached hydrogens (tertiary/aromatic N) is 2. The molecule has 0 saturated heterocycles. The van der Waals surface area contributed by atoms with Gasteiger partial charge >= 0.3 is 0 Å². The summed E-state index contributed by atoms with van der Waals surface area (Å²) in [6, 6.07) is 11.3. The molecule has 1 amide bonds. The van der Waals surface area contributed by atoms with Crippen LogP contribution >= 0.6 is 0 Å². The molecule has 124 valence electrons. The van der Waals surface area contributed by atoms with Crippen LogP contribution in [0.4, 0.5) is 0 Å². The first-order chi connectivity index (χ1) is 11.2. The molecule has 2 rings (SSSR count). The molecule has 0 saturated carbocycles. The number of amides is 1. The minimum Gasteiger partial charge on any atom is -0.497 e. The summed E-state index contributed by atoms with van der Waals surface area (Å²) in [4.78, 5) is 14.7. The summed E-state index contributed by atoms with van der Waals surface area (Å²) < 4.78 is 12.4. The molecular formula is C18H24N2O3. The van der Waals surface area contributed by atoms with E-state index in [0.29, 0.717) is 31.0 Å². The standard InChI is InChI=1S/C18H24N2O3/c1-19-10-5-8-16(19)14-20(11-6-12-22-2)18(21)15-7-4-9-17(13-15)23-3/h4-5,7-10,13H,6,11-12,14H2,1-3H3. The van der Waals surface area contributed by atoms with Gasteiger partial charge in [-0.15, -0.1) is 0 Å². The zero-order valence-electron chi connectivity index (χ0n) is 14.0. The van der Waals surface area contributed by atoms with Crippen molar-refractivity contribution in [2.24, 2.45) is 7.05 Å². The van der Waals surface area contributed by atoms with Crippen LogP contribution in [0.3, 0.4) is 0 Å². The fourth-order valence-electron chi connectivity index (χ4n) is 2.45. The van der Waals surface area contributed by atoms with Gasteiger partial charge in [-0.1, -0.05) is 6.07 Å². The topological polar surface area (TPSA) is 43.7 Å². The van der Waals surface area contributed by atoms with Crippen LogP contribution in [-0.2, 0) is 18.3 Å². The van der Waals surface area contributed by atoms with Crippen molar-refractivity contribution in [3.05, 3.63) is 53.9 Å². The molecule has 0 aliphatic carbocycles. The summed E-state index contributed by atoms with van der Waals surface area (Å²) >= 11 is 0. The first-order valence-corrected chi connectivity index (χ1v) is 7.68. The predicted molar refractivity (Wildman–Crippen MR) is 89.6 cm³/mol. The maximum absolute atomic E-state index is 12.9. The van der Waals surface area contributed by atoms with E-state index in [9.17, 15) is 4.79 Å². The third-order valence-electron chi connectivity index (χ3n) is 3.78. The zero-order valence-corrected chi connectivity index (χ0v) is 14.0. The van der Waals surface area contributed by atoms with Crippen LogP contribution in [0.2, 0.25) is 0 Å². The van der Waals surface area contributed by atoms with Crippen LogP contribution in [0.1, 0.15) is 22.5 Å². The molecule has 0 radical (unpaired) electrons. The van der Waals surface area contributed by atoms with Crippen molar-refractivity contribution >= 4 is 5.91 Å². The number of methoxy groups -OCH3 is 2. The van der Waals surface area contributed by atoms with Crippen LogP contribution in [0.25, 0.3) is 0 Å². The van der Waals surface area contributed by atoms with Gasteiger partial charge in [-0.2, -0.15) is 0 Å². The van der Waals surface area contributed by atoms with Gasteiger partial charge in [0.2, 0.25) is 0 Å². The van der Waals surface area contributed by atoms with Gasteiger partial charge in [0.05, 0.1) is 13.7 Å². The molecule has 0 N–H and O–H groups in total. The van der Waals surface area contributed by atoms with E-state index < -0.39 is 0 Å². The van der Waals surface area contributed by atoms with Crippen molar-refractivity contribution in [1.29, 1.82) is 0 Å². The second kappa shape index (κ2) is 8.39. The summed E-state index contributed by atoms with van der Waals surface area (Å²) in [6.45, 7) is 1.85. The Morgan fingerprint density at radius 3 is 2.70 bits per heavy atom. The second-order valence-corrected chi connectivity index (χ2v) is 5.42. The van der Waals surface area contributed by atoms with Gasteiger partial charge in [-0.05, 0) is 36.8 Å². The summed E-state index contributed by atoms with van der Waals surface area (Å²) in [5.74, 6) is 0.688. The molecule has 1 aromatic heterocycles. The van der Waals surface area contributed by atoms with Gasteiger partial charge in [0.15, 0.2) is 0 Å². The fraction of sp³-hybridized carbons (Fsp3) is 0.389. The van der Waals surface area contributed by atoms with Crippen molar-refractivity contribution in [1.82, 2.24) is 9.47 Å². The van der Waals surface area contributed by atoms with Crippen LogP contribution in [-0.4, -0.2) is 42.7 Å². The summed E-state index contributed by atoms with van der Waals surface area (Å²) in [7, 11) is 5.26. The van der Waals surface area contributed by atoms with Crippen LogP contribution in [0.5, 0.6) is 5.75 Å². The molecule has 0 bridgehead atoms. The van der Waals surface area contributed by atoms with E-state index in [1.165, 1.54) is 0 Å². The molecule has 5 nitrogen and oxygen atoms in total. The Balaban J connectivity index is 2.17. The number of carbonyl (C=O) groups excluding carboxylic acids is 1. The van der Waals surface area contributed by atoms with E-state index >= 15 is 0 Å². The number of aromatic nitrogens is 1. The van der Waals surface area contributed by atoms with Crippen molar-refractivity contribution in [3.8, 4) is 5.75 Å². The van der Waals surface area contributed by atoms with Gasteiger partial charge in [0.25, 0.3) is 5.91 Å². The summed E-state index contributed by atoms with van der Waals surface area (Å²) in [5, 5.41) is 0. The Morgan fingerprint density at radius 1 is 1.22 bits per heavy atom. The minimum atomic E-state index is 0.00111. The molecule has 0 fully saturated rings. The van der Waals surface area contributed by atoms with Gasteiger partial charge < -0.3 is 18.9 Å². The van der Waals surface area contributed by atoms with E-state index in [2.05, 4.69) is 0 Å². The van der Waals surface area contributed by atoms with E-state index in [1.54, 1.807) is 20.3 Å². The number of aryl methyl sites for hydroxylation is 1. The maximum atomic E-state index is 12.9. The molecule has 0 aliphatic rings. The highest BCUT2D eigenvalue weighted by Gasteiger charge is 2.17. The van der Waals surface area contributed by atoms with E-state index in [-0.39, 0.29) is 5.91 Å². The lowest BCUT2D eigenvalue weighted by Crippen LogP contribution is -2.32. The maximum Gasteiger partial charge on any atom is 0.254 e. The molecule has 0 atom stereocenters. The SMILES string of the molecule is COCCCN(Cc1cccn1C)C(=O)c1cccc(OC)c1. The lowest BCUT2D eigenvalue weighted by molar-refractivity contribution is 0.0720. The lowest BCUT2D eigenvalue weighted by atomic mass is 10.1. The Hall–Kier alpha value is -2.27. The Bertz CT molecular complexity index is 637. The average Bonchev–Trinajstić information content (AvgIpc) is 2.98. The predicted octanol–water partition coefficient (Wildman–Crippen LogP) is 2.71. The number of carbonyl (C=O) groups is 1. The minimum absolute atomic E-state index is 0.00111. The molecule has 23 heavy (non-hydrogen) atoms. The smallest absolute Gasteiger partial charge is 0.254 e. The third-order valence-corrected chi connectivity index (χ3v) is 3.78. The highest BCUT2D eigenvalue weighted by Crippen LogP contribution is 2.16. The van der Waals surface area contributed by atoms with Crippen LogP contribution in [0, 0.1) is 0 Å². The number of hydrogen-bond donors (Lipinski definition) is 0. The van der Waals surface area contributed by atoms with E-state index in [1.807, 2.05) is 53.0 Å². The second-order valence-electron chi connectivity index (χ2n) is 5.42. The van der Waals surface area contributed by atoms with E-state index in [4.69, 9.17) is 9.47 Å². The van der Waals surface area contributed by atoms with Crippen molar-refractivity contribution in [2.75, 3.05) is 27.4 Å². The quantitative estimate of drug-likeness (QED) is 0.703. The largest absolute Gasteiger partial charge is 0.497 e. The van der Waals surface area contributed by atoms with E-state index in [0.717, 1.165) is 12.1 Å². The van der Waals surface area contributed by atoms with Gasteiger partial charge in [0.1, 0.15) is 5.75 Å². The van der Waals surface area contributed by atoms with Crippen molar-refractivity contribution in [3.63, 3.8) is 0 Å². The van der Waals surface area contributed by atoms with Crippen molar-refractivity contribution < 1.29 is 14.3 Å². The van der Waals surface area contributed by atoms with Crippen LogP contribution < -0.4 is 4.74 Å².